The normalized spacial score (nSPS) is 18.8. The summed E-state index contributed by atoms with van der Waals surface area (Å²) in [4.78, 5) is 24.8. The molecule has 9 heteroatoms. The topological polar surface area (TPSA) is 89.0 Å². The lowest BCUT2D eigenvalue weighted by Gasteiger charge is -2.27. The summed E-state index contributed by atoms with van der Waals surface area (Å²) in [6.07, 6.45) is 6.51. The van der Waals surface area contributed by atoms with Crippen LogP contribution in [0.15, 0.2) is 36.8 Å². The van der Waals surface area contributed by atoms with Crippen molar-refractivity contribution in [3.8, 4) is 0 Å². The highest BCUT2D eigenvalue weighted by Crippen LogP contribution is 2.29. The summed E-state index contributed by atoms with van der Waals surface area (Å²) in [5.74, 6) is 0.655. The third-order valence-corrected chi connectivity index (χ3v) is 5.61. The maximum Gasteiger partial charge on any atom is 0.308 e. The second kappa shape index (κ2) is 8.79. The molecule has 0 atom stereocenters. The number of pyridine rings is 1. The van der Waals surface area contributed by atoms with E-state index >= 15 is 0 Å². The van der Waals surface area contributed by atoms with Crippen LogP contribution in [0, 0.1) is 11.7 Å². The van der Waals surface area contributed by atoms with E-state index in [0.717, 1.165) is 42.4 Å². The second-order valence-corrected chi connectivity index (χ2v) is 7.69. The Bertz CT molecular complexity index is 1070. The molecule has 1 fully saturated rings. The summed E-state index contributed by atoms with van der Waals surface area (Å²) >= 11 is 5.85. The highest BCUT2D eigenvalue weighted by atomic mass is 35.5. The number of aromatic nitrogens is 3. The lowest BCUT2D eigenvalue weighted by molar-refractivity contribution is -0.146. The van der Waals surface area contributed by atoms with Gasteiger partial charge in [-0.15, -0.1) is 0 Å². The van der Waals surface area contributed by atoms with Gasteiger partial charge in [-0.25, -0.2) is 19.3 Å². The van der Waals surface area contributed by atoms with Gasteiger partial charge in [-0.3, -0.25) is 4.79 Å². The molecule has 30 heavy (non-hydrogen) atoms. The zero-order chi connectivity index (χ0) is 21.1. The Balaban J connectivity index is 1.47. The minimum atomic E-state index is -0.479. The Morgan fingerprint density at radius 1 is 1.17 bits per heavy atom. The van der Waals surface area contributed by atoms with E-state index in [1.54, 1.807) is 12.3 Å². The predicted molar refractivity (Wildman–Crippen MR) is 113 cm³/mol. The Hall–Kier alpha value is -3.00. The number of fused-ring (bicyclic) bond motifs is 1. The summed E-state index contributed by atoms with van der Waals surface area (Å²) in [6.45, 7) is 0. The van der Waals surface area contributed by atoms with E-state index in [4.69, 9.17) is 16.3 Å². The Labute approximate surface area is 178 Å². The smallest absolute Gasteiger partial charge is 0.308 e. The number of ether oxygens (including phenoxy) is 1. The summed E-state index contributed by atoms with van der Waals surface area (Å²) < 4.78 is 18.2. The molecule has 3 aromatic rings. The first-order chi connectivity index (χ1) is 14.5. The summed E-state index contributed by atoms with van der Waals surface area (Å²) in [6, 6.07) is 6.49. The van der Waals surface area contributed by atoms with Crippen molar-refractivity contribution in [1.29, 1.82) is 0 Å². The predicted octanol–water partition coefficient (Wildman–Crippen LogP) is 4.70. The molecule has 7 nitrogen and oxygen atoms in total. The first-order valence-electron chi connectivity index (χ1n) is 9.70. The molecule has 0 aliphatic heterocycles. The minimum Gasteiger partial charge on any atom is -0.469 e. The average molecular weight is 430 g/mol. The van der Waals surface area contributed by atoms with Gasteiger partial charge >= 0.3 is 5.97 Å². The van der Waals surface area contributed by atoms with E-state index < -0.39 is 5.82 Å². The van der Waals surface area contributed by atoms with Gasteiger partial charge in [0, 0.05) is 24.0 Å². The molecule has 1 aromatic carbocycles. The van der Waals surface area contributed by atoms with Crippen LogP contribution >= 0.6 is 11.6 Å². The van der Waals surface area contributed by atoms with Gasteiger partial charge in [-0.1, -0.05) is 11.6 Å². The van der Waals surface area contributed by atoms with Crippen molar-refractivity contribution in [2.24, 2.45) is 5.92 Å². The van der Waals surface area contributed by atoms with Crippen LogP contribution in [0.25, 0.3) is 10.9 Å². The van der Waals surface area contributed by atoms with E-state index in [1.165, 1.54) is 25.6 Å². The molecule has 0 saturated heterocycles. The molecule has 0 bridgehead atoms. The van der Waals surface area contributed by atoms with Crippen molar-refractivity contribution < 1.29 is 13.9 Å². The Kier molecular flexibility index (Phi) is 5.94. The van der Waals surface area contributed by atoms with Crippen LogP contribution in [-0.4, -0.2) is 34.1 Å². The highest BCUT2D eigenvalue weighted by molar-refractivity contribution is 6.31. The van der Waals surface area contributed by atoms with Crippen LogP contribution < -0.4 is 10.6 Å². The number of carbonyl (C=O) groups is 1. The highest BCUT2D eigenvalue weighted by Gasteiger charge is 2.27. The van der Waals surface area contributed by atoms with Gasteiger partial charge in [0.25, 0.3) is 0 Å². The van der Waals surface area contributed by atoms with Crippen molar-refractivity contribution in [1.82, 2.24) is 15.0 Å². The Morgan fingerprint density at radius 3 is 2.70 bits per heavy atom. The van der Waals surface area contributed by atoms with Gasteiger partial charge in [0.05, 0.1) is 29.0 Å². The van der Waals surface area contributed by atoms with Gasteiger partial charge in [-0.05, 0) is 43.9 Å². The number of benzene rings is 1. The lowest BCUT2D eigenvalue weighted by atomic mass is 9.86. The van der Waals surface area contributed by atoms with Gasteiger partial charge in [0.2, 0.25) is 0 Å². The molecule has 4 rings (SSSR count). The van der Waals surface area contributed by atoms with Gasteiger partial charge in [0.1, 0.15) is 23.8 Å². The van der Waals surface area contributed by atoms with E-state index in [9.17, 15) is 9.18 Å². The molecule has 0 radical (unpaired) electrons. The summed E-state index contributed by atoms with van der Waals surface area (Å²) in [5.41, 5.74) is 1.34. The van der Waals surface area contributed by atoms with Crippen molar-refractivity contribution in [2.75, 3.05) is 17.7 Å². The quantitative estimate of drug-likeness (QED) is 0.568. The number of nitrogens with one attached hydrogen (secondary N) is 2. The first kappa shape index (κ1) is 20.3. The summed E-state index contributed by atoms with van der Waals surface area (Å²) in [5, 5.41) is 7.33. The molecule has 2 aromatic heterocycles. The zero-order valence-electron chi connectivity index (χ0n) is 16.4. The van der Waals surface area contributed by atoms with Crippen LogP contribution in [0.2, 0.25) is 5.02 Å². The Morgan fingerprint density at radius 2 is 1.97 bits per heavy atom. The second-order valence-electron chi connectivity index (χ2n) is 7.28. The number of esters is 1. The van der Waals surface area contributed by atoms with Gasteiger partial charge < -0.3 is 15.4 Å². The molecule has 0 spiro atoms. The number of anilines is 3. The fourth-order valence-corrected chi connectivity index (χ4v) is 3.87. The number of nitrogens with zero attached hydrogens (tertiary/aromatic N) is 3. The number of rotatable bonds is 5. The standard InChI is InChI=1S/C21H21ClFN5O2/c1-30-21(29)12-2-4-13(5-3-12)27-19-9-18-15(10-24-19)20(26-11-25-18)28-14-6-7-17(23)16(22)8-14/h6-13H,2-5H2,1H3,(H,24,27)(H,25,26,28)/t12-,13-. The van der Waals surface area contributed by atoms with Crippen molar-refractivity contribution in [3.63, 3.8) is 0 Å². The SMILES string of the molecule is COC(=O)[C@H]1CC[C@H](Nc2cc3ncnc(Nc4ccc(F)c(Cl)c4)c3cn2)CC1. The van der Waals surface area contributed by atoms with E-state index in [0.29, 0.717) is 11.5 Å². The molecule has 2 heterocycles. The van der Waals surface area contributed by atoms with E-state index in [1.807, 2.05) is 6.07 Å². The van der Waals surface area contributed by atoms with Gasteiger partial charge in [0.15, 0.2) is 0 Å². The van der Waals surface area contributed by atoms with Gasteiger partial charge in [-0.2, -0.15) is 0 Å². The van der Waals surface area contributed by atoms with E-state index in [-0.39, 0.29) is 23.0 Å². The number of hydrogen-bond donors (Lipinski definition) is 2. The zero-order valence-corrected chi connectivity index (χ0v) is 17.1. The lowest BCUT2D eigenvalue weighted by Crippen LogP contribution is -2.30. The maximum atomic E-state index is 13.4. The van der Waals surface area contributed by atoms with Crippen molar-refractivity contribution in [3.05, 3.63) is 47.6 Å². The van der Waals surface area contributed by atoms with Crippen LogP contribution in [0.1, 0.15) is 25.7 Å². The molecular weight excluding hydrogens is 409 g/mol. The molecule has 1 saturated carbocycles. The van der Waals surface area contributed by atoms with Crippen LogP contribution in [-0.2, 0) is 9.53 Å². The molecule has 1 aliphatic rings. The van der Waals surface area contributed by atoms with Crippen molar-refractivity contribution >= 4 is 45.8 Å². The largest absolute Gasteiger partial charge is 0.469 e. The first-order valence-corrected chi connectivity index (χ1v) is 10.1. The molecular formula is C21H21ClFN5O2. The minimum absolute atomic E-state index is 0.0149. The maximum absolute atomic E-state index is 13.4. The fourth-order valence-electron chi connectivity index (χ4n) is 3.69. The monoisotopic (exact) mass is 429 g/mol. The van der Waals surface area contributed by atoms with Crippen LogP contribution in [0.4, 0.5) is 21.7 Å². The number of halogens is 2. The third kappa shape index (κ3) is 4.43. The molecule has 156 valence electrons. The average Bonchev–Trinajstić information content (AvgIpc) is 2.76. The molecule has 0 amide bonds. The number of carbonyl (C=O) groups excluding carboxylic acids is 1. The van der Waals surface area contributed by atoms with E-state index in [2.05, 4.69) is 25.6 Å². The fraction of sp³-hybridized carbons (Fsp3) is 0.333. The summed E-state index contributed by atoms with van der Waals surface area (Å²) in [7, 11) is 1.43. The van der Waals surface area contributed by atoms with Crippen molar-refractivity contribution in [2.45, 2.75) is 31.7 Å². The number of hydrogen-bond acceptors (Lipinski definition) is 7. The molecule has 0 unspecified atom stereocenters. The third-order valence-electron chi connectivity index (χ3n) is 5.32. The van der Waals surface area contributed by atoms with Crippen LogP contribution in [0.3, 0.4) is 0 Å². The molecule has 2 N–H and O–H groups in total. The number of methoxy groups -OCH3 is 1. The van der Waals surface area contributed by atoms with Crippen LogP contribution in [0.5, 0.6) is 0 Å². The molecule has 1 aliphatic carbocycles.